The summed E-state index contributed by atoms with van der Waals surface area (Å²) in [4.78, 5) is 0. The van der Waals surface area contributed by atoms with E-state index in [0.29, 0.717) is 35.2 Å². The van der Waals surface area contributed by atoms with Crippen molar-refractivity contribution >= 4 is 0 Å². The minimum Gasteiger partial charge on any atom is -0.384 e. The number of fused-ring (bicyclic) bond motifs is 1. The first kappa shape index (κ1) is 20.2. The Morgan fingerprint density at radius 3 is 2.50 bits per heavy atom. The number of hydrogen-bond acceptors (Lipinski definition) is 4. The van der Waals surface area contributed by atoms with Crippen LogP contribution in [0.1, 0.15) is 46.0 Å². The molecule has 1 unspecified atom stereocenters. The first-order valence-electron chi connectivity index (χ1n) is 9.70. The lowest BCUT2D eigenvalue weighted by Gasteiger charge is -2.50. The molecule has 0 heterocycles. The maximum absolute atomic E-state index is 5.85. The van der Waals surface area contributed by atoms with Gasteiger partial charge in [-0.15, -0.1) is 0 Å². The molecule has 0 aromatic rings. The normalized spacial score (nSPS) is 37.4. The molecule has 0 radical (unpaired) electrons. The van der Waals surface area contributed by atoms with Gasteiger partial charge in [-0.3, -0.25) is 0 Å². The average molecular weight is 343 g/mol. The monoisotopic (exact) mass is 342 g/mol. The first-order chi connectivity index (χ1) is 11.6. The minimum atomic E-state index is 0.311. The molecule has 24 heavy (non-hydrogen) atoms. The zero-order valence-electron chi connectivity index (χ0n) is 16.4. The average Bonchev–Trinajstić information content (AvgIpc) is 2.91. The molecular formula is C20H38O4. The Kier molecular flexibility index (Phi) is 7.99. The van der Waals surface area contributed by atoms with Gasteiger partial charge < -0.3 is 18.9 Å². The molecule has 0 aromatic heterocycles. The van der Waals surface area contributed by atoms with Gasteiger partial charge in [-0.25, -0.2) is 0 Å². The first-order valence-corrected chi connectivity index (χ1v) is 9.70. The second-order valence-electron chi connectivity index (χ2n) is 7.94. The molecule has 0 bridgehead atoms. The fourth-order valence-electron chi connectivity index (χ4n) is 5.69. The van der Waals surface area contributed by atoms with Crippen LogP contribution in [0.5, 0.6) is 0 Å². The summed E-state index contributed by atoms with van der Waals surface area (Å²) < 4.78 is 22.7. The maximum Gasteiger partial charge on any atom is 0.0627 e. The van der Waals surface area contributed by atoms with Crippen molar-refractivity contribution in [1.29, 1.82) is 0 Å². The van der Waals surface area contributed by atoms with E-state index in [1.54, 1.807) is 0 Å². The lowest BCUT2D eigenvalue weighted by molar-refractivity contribution is -0.0877. The van der Waals surface area contributed by atoms with Crippen LogP contribution in [0.4, 0.5) is 0 Å². The Labute approximate surface area is 148 Å². The molecule has 2 fully saturated rings. The Bertz CT molecular complexity index is 362. The molecule has 0 aromatic carbocycles. The van der Waals surface area contributed by atoms with Crippen LogP contribution in [0.15, 0.2) is 0 Å². The summed E-state index contributed by atoms with van der Waals surface area (Å²) in [5.74, 6) is 2.54. The number of ether oxygens (including phenoxy) is 4. The molecule has 4 nitrogen and oxygen atoms in total. The van der Waals surface area contributed by atoms with Crippen molar-refractivity contribution in [3.63, 3.8) is 0 Å². The standard InChI is InChI=1S/C20H38O4/c1-6-24-12-10-15(13-21-3)16-9-11-20(2)18(17(16)14-22-4)7-8-19(20)23-5/h15-19H,6-14H2,1-5H3/t15?,16-,17-,18+,19+,20+/m1/s1. The molecule has 2 saturated carbocycles. The van der Waals surface area contributed by atoms with E-state index >= 15 is 0 Å². The van der Waals surface area contributed by atoms with Crippen LogP contribution in [0.25, 0.3) is 0 Å². The van der Waals surface area contributed by atoms with Crippen molar-refractivity contribution in [3.05, 3.63) is 0 Å². The molecule has 0 N–H and O–H groups in total. The van der Waals surface area contributed by atoms with Crippen LogP contribution >= 0.6 is 0 Å². The highest BCUT2D eigenvalue weighted by Gasteiger charge is 2.55. The van der Waals surface area contributed by atoms with E-state index in [-0.39, 0.29) is 0 Å². The van der Waals surface area contributed by atoms with Crippen LogP contribution in [0.3, 0.4) is 0 Å². The smallest absolute Gasteiger partial charge is 0.0627 e. The fourth-order valence-corrected chi connectivity index (χ4v) is 5.69. The van der Waals surface area contributed by atoms with Crippen LogP contribution in [-0.4, -0.2) is 53.9 Å². The van der Waals surface area contributed by atoms with Gasteiger partial charge in [-0.1, -0.05) is 6.92 Å². The Hall–Kier alpha value is -0.160. The Balaban J connectivity index is 2.13. The summed E-state index contributed by atoms with van der Waals surface area (Å²) in [7, 11) is 5.55. The van der Waals surface area contributed by atoms with Gasteiger partial charge in [0.05, 0.1) is 6.10 Å². The third-order valence-electron chi connectivity index (χ3n) is 6.87. The third kappa shape index (κ3) is 4.14. The SMILES string of the molecule is CCOCCC(COC)[C@H]1CC[C@]2(C)[C@@H](OC)CC[C@H]2[C@@H]1COC. The summed E-state index contributed by atoms with van der Waals surface area (Å²) in [6.07, 6.45) is 6.47. The van der Waals surface area contributed by atoms with E-state index in [4.69, 9.17) is 18.9 Å². The molecule has 2 aliphatic rings. The van der Waals surface area contributed by atoms with Crippen LogP contribution < -0.4 is 0 Å². The molecule has 2 rings (SSSR count). The Morgan fingerprint density at radius 1 is 1.08 bits per heavy atom. The molecule has 142 valence electrons. The predicted molar refractivity (Wildman–Crippen MR) is 96.2 cm³/mol. The van der Waals surface area contributed by atoms with Gasteiger partial charge in [0, 0.05) is 47.8 Å². The second kappa shape index (κ2) is 9.51. The highest BCUT2D eigenvalue weighted by Crippen LogP contribution is 2.58. The molecule has 6 atom stereocenters. The van der Waals surface area contributed by atoms with E-state index in [1.807, 2.05) is 21.3 Å². The van der Waals surface area contributed by atoms with Gasteiger partial charge in [-0.2, -0.15) is 0 Å². The lowest BCUT2D eigenvalue weighted by Crippen LogP contribution is -2.47. The van der Waals surface area contributed by atoms with Crippen LogP contribution in [0.2, 0.25) is 0 Å². The highest BCUT2D eigenvalue weighted by molar-refractivity contribution is 5.04. The predicted octanol–water partition coefficient (Wildman–Crippen LogP) is 3.78. The van der Waals surface area contributed by atoms with Crippen molar-refractivity contribution in [2.45, 2.75) is 52.1 Å². The van der Waals surface area contributed by atoms with Crippen molar-refractivity contribution in [3.8, 4) is 0 Å². The van der Waals surface area contributed by atoms with E-state index in [1.165, 1.54) is 25.7 Å². The molecule has 2 aliphatic carbocycles. The minimum absolute atomic E-state index is 0.311. The summed E-state index contributed by atoms with van der Waals surface area (Å²) >= 11 is 0. The van der Waals surface area contributed by atoms with Gasteiger partial charge in [0.2, 0.25) is 0 Å². The topological polar surface area (TPSA) is 36.9 Å². The number of hydrogen-bond donors (Lipinski definition) is 0. The van der Waals surface area contributed by atoms with Gasteiger partial charge in [0.1, 0.15) is 0 Å². The second-order valence-corrected chi connectivity index (χ2v) is 7.94. The highest BCUT2D eigenvalue weighted by atomic mass is 16.5. The summed E-state index contributed by atoms with van der Waals surface area (Å²) in [5, 5.41) is 0. The van der Waals surface area contributed by atoms with E-state index in [0.717, 1.165) is 32.8 Å². The molecule has 0 amide bonds. The Morgan fingerprint density at radius 2 is 1.88 bits per heavy atom. The summed E-state index contributed by atoms with van der Waals surface area (Å²) in [5.41, 5.74) is 0.311. The third-order valence-corrected chi connectivity index (χ3v) is 6.87. The molecular weight excluding hydrogens is 304 g/mol. The lowest BCUT2D eigenvalue weighted by atomic mass is 9.57. The summed E-state index contributed by atoms with van der Waals surface area (Å²) in [6.45, 7) is 7.83. The van der Waals surface area contributed by atoms with Crippen molar-refractivity contribution in [1.82, 2.24) is 0 Å². The van der Waals surface area contributed by atoms with Crippen molar-refractivity contribution in [2.75, 3.05) is 47.8 Å². The quantitative estimate of drug-likeness (QED) is 0.566. The largest absolute Gasteiger partial charge is 0.384 e. The van der Waals surface area contributed by atoms with Gasteiger partial charge in [0.15, 0.2) is 0 Å². The van der Waals surface area contributed by atoms with Crippen LogP contribution in [0, 0.1) is 29.1 Å². The molecule has 0 aliphatic heterocycles. The number of rotatable bonds is 10. The molecule has 0 spiro atoms. The van der Waals surface area contributed by atoms with Crippen LogP contribution in [-0.2, 0) is 18.9 Å². The molecule has 4 heteroatoms. The van der Waals surface area contributed by atoms with Gasteiger partial charge in [-0.05, 0) is 68.1 Å². The van der Waals surface area contributed by atoms with E-state index < -0.39 is 0 Å². The van der Waals surface area contributed by atoms with Crippen molar-refractivity contribution in [2.24, 2.45) is 29.1 Å². The molecule has 0 saturated heterocycles. The fraction of sp³-hybridized carbons (Fsp3) is 1.00. The van der Waals surface area contributed by atoms with E-state index in [2.05, 4.69) is 13.8 Å². The summed E-state index contributed by atoms with van der Waals surface area (Å²) in [6, 6.07) is 0. The zero-order chi connectivity index (χ0) is 17.6. The van der Waals surface area contributed by atoms with Gasteiger partial charge in [0.25, 0.3) is 0 Å². The van der Waals surface area contributed by atoms with Gasteiger partial charge >= 0.3 is 0 Å². The maximum atomic E-state index is 5.85. The van der Waals surface area contributed by atoms with E-state index in [9.17, 15) is 0 Å². The van der Waals surface area contributed by atoms with Crippen molar-refractivity contribution < 1.29 is 18.9 Å². The number of methoxy groups -OCH3 is 3. The zero-order valence-corrected chi connectivity index (χ0v) is 16.4.